The Kier molecular flexibility index (Phi) is 3.94. The van der Waals surface area contributed by atoms with E-state index in [1.165, 1.54) is 12.1 Å². The van der Waals surface area contributed by atoms with Crippen molar-refractivity contribution < 1.29 is 8.42 Å². The lowest BCUT2D eigenvalue weighted by Gasteiger charge is -2.02. The standard InChI is InChI=1S/C8H12N2O2S2/c9-14(11,12)8-3-1-7(2-4-8)5-10-6-13/h1-4,10,13H,5-6H2,(H2,9,11,12). The fourth-order valence-corrected chi connectivity index (χ4v) is 1.62. The van der Waals surface area contributed by atoms with E-state index in [0.29, 0.717) is 12.4 Å². The van der Waals surface area contributed by atoms with Gasteiger partial charge in [-0.3, -0.25) is 0 Å². The molecule has 0 heterocycles. The highest BCUT2D eigenvalue weighted by Crippen LogP contribution is 2.08. The van der Waals surface area contributed by atoms with Crippen molar-refractivity contribution in [2.45, 2.75) is 11.4 Å². The van der Waals surface area contributed by atoms with Crippen LogP contribution in [0.25, 0.3) is 0 Å². The summed E-state index contributed by atoms with van der Waals surface area (Å²) >= 11 is 3.99. The van der Waals surface area contributed by atoms with E-state index in [9.17, 15) is 8.42 Å². The van der Waals surface area contributed by atoms with Crippen molar-refractivity contribution in [2.75, 3.05) is 5.88 Å². The monoisotopic (exact) mass is 232 g/mol. The van der Waals surface area contributed by atoms with E-state index in [4.69, 9.17) is 5.14 Å². The molecule has 14 heavy (non-hydrogen) atoms. The SMILES string of the molecule is NS(=O)(=O)c1ccc(CNCS)cc1. The fourth-order valence-electron chi connectivity index (χ4n) is 0.997. The van der Waals surface area contributed by atoms with Crippen LogP contribution in [-0.4, -0.2) is 14.3 Å². The van der Waals surface area contributed by atoms with Gasteiger partial charge in [0.15, 0.2) is 0 Å². The summed E-state index contributed by atoms with van der Waals surface area (Å²) in [6, 6.07) is 6.42. The van der Waals surface area contributed by atoms with Crippen molar-refractivity contribution in [3.63, 3.8) is 0 Å². The van der Waals surface area contributed by atoms with Gasteiger partial charge in [0.2, 0.25) is 10.0 Å². The fraction of sp³-hybridized carbons (Fsp3) is 0.250. The van der Waals surface area contributed by atoms with Gasteiger partial charge < -0.3 is 5.32 Å². The van der Waals surface area contributed by atoms with Gasteiger partial charge in [-0.1, -0.05) is 12.1 Å². The molecular weight excluding hydrogens is 220 g/mol. The van der Waals surface area contributed by atoms with E-state index >= 15 is 0 Å². The first-order chi connectivity index (χ1) is 6.54. The third-order valence-electron chi connectivity index (χ3n) is 1.69. The molecule has 0 aliphatic rings. The van der Waals surface area contributed by atoms with E-state index in [1.807, 2.05) is 0 Å². The van der Waals surface area contributed by atoms with Crippen LogP contribution in [0.3, 0.4) is 0 Å². The van der Waals surface area contributed by atoms with Gasteiger partial charge in [-0.05, 0) is 17.7 Å². The smallest absolute Gasteiger partial charge is 0.238 e. The predicted molar refractivity (Wildman–Crippen MR) is 58.5 cm³/mol. The van der Waals surface area contributed by atoms with Crippen molar-refractivity contribution in [3.05, 3.63) is 29.8 Å². The lowest BCUT2D eigenvalue weighted by molar-refractivity contribution is 0.597. The van der Waals surface area contributed by atoms with E-state index in [0.717, 1.165) is 5.56 Å². The van der Waals surface area contributed by atoms with Crippen LogP contribution in [-0.2, 0) is 16.6 Å². The molecule has 0 aliphatic carbocycles. The number of nitrogens with one attached hydrogen (secondary N) is 1. The number of rotatable bonds is 4. The van der Waals surface area contributed by atoms with Gasteiger partial charge in [0.1, 0.15) is 0 Å². The first-order valence-corrected chi connectivity index (χ1v) is 6.15. The summed E-state index contributed by atoms with van der Waals surface area (Å²) in [5, 5.41) is 7.96. The van der Waals surface area contributed by atoms with E-state index in [1.54, 1.807) is 12.1 Å². The van der Waals surface area contributed by atoms with Crippen molar-refractivity contribution in [2.24, 2.45) is 5.14 Å². The first kappa shape index (κ1) is 11.5. The molecule has 0 saturated carbocycles. The summed E-state index contributed by atoms with van der Waals surface area (Å²) < 4.78 is 21.8. The topological polar surface area (TPSA) is 72.2 Å². The highest BCUT2D eigenvalue weighted by molar-refractivity contribution is 7.89. The molecule has 0 aromatic heterocycles. The van der Waals surface area contributed by atoms with Gasteiger partial charge in [-0.25, -0.2) is 13.6 Å². The molecule has 4 nitrogen and oxygen atoms in total. The van der Waals surface area contributed by atoms with Crippen LogP contribution in [0.4, 0.5) is 0 Å². The number of primary sulfonamides is 1. The minimum atomic E-state index is -3.58. The van der Waals surface area contributed by atoms with E-state index < -0.39 is 10.0 Å². The summed E-state index contributed by atoms with van der Waals surface area (Å²) in [5.41, 5.74) is 0.992. The summed E-state index contributed by atoms with van der Waals surface area (Å²) in [6.45, 7) is 0.661. The lowest BCUT2D eigenvalue weighted by Crippen LogP contribution is -2.13. The molecule has 0 spiro atoms. The normalized spacial score (nSPS) is 11.6. The average molecular weight is 232 g/mol. The van der Waals surface area contributed by atoms with Crippen molar-refractivity contribution in [1.29, 1.82) is 0 Å². The van der Waals surface area contributed by atoms with Gasteiger partial charge in [0, 0.05) is 12.4 Å². The second-order valence-electron chi connectivity index (χ2n) is 2.77. The summed E-state index contributed by atoms with van der Waals surface area (Å²) in [7, 11) is -3.58. The Labute approximate surface area is 89.0 Å². The van der Waals surface area contributed by atoms with Crippen LogP contribution >= 0.6 is 12.6 Å². The summed E-state index contributed by atoms with van der Waals surface area (Å²) in [4.78, 5) is 0.132. The molecule has 0 radical (unpaired) electrons. The van der Waals surface area contributed by atoms with Crippen LogP contribution in [0.5, 0.6) is 0 Å². The van der Waals surface area contributed by atoms with Crippen LogP contribution < -0.4 is 10.5 Å². The maximum Gasteiger partial charge on any atom is 0.238 e. The molecule has 0 aliphatic heterocycles. The van der Waals surface area contributed by atoms with Crippen molar-refractivity contribution in [3.8, 4) is 0 Å². The third kappa shape index (κ3) is 3.30. The molecule has 0 unspecified atom stereocenters. The molecule has 0 atom stereocenters. The van der Waals surface area contributed by atoms with Gasteiger partial charge >= 0.3 is 0 Å². The second-order valence-corrected chi connectivity index (χ2v) is 4.65. The molecular formula is C8H12N2O2S2. The van der Waals surface area contributed by atoms with Gasteiger partial charge in [0.25, 0.3) is 0 Å². The number of sulfonamides is 1. The minimum Gasteiger partial charge on any atom is -0.304 e. The average Bonchev–Trinajstić information content (AvgIpc) is 2.14. The summed E-state index contributed by atoms with van der Waals surface area (Å²) in [5.74, 6) is 0.580. The maximum atomic E-state index is 10.9. The number of nitrogens with two attached hydrogens (primary N) is 1. The molecule has 0 bridgehead atoms. The molecule has 6 heteroatoms. The van der Waals surface area contributed by atoms with Crippen LogP contribution in [0.1, 0.15) is 5.56 Å². The second kappa shape index (κ2) is 4.79. The quantitative estimate of drug-likeness (QED) is 0.517. The number of hydrogen-bond donors (Lipinski definition) is 3. The summed E-state index contributed by atoms with van der Waals surface area (Å²) in [6.07, 6.45) is 0. The van der Waals surface area contributed by atoms with Crippen LogP contribution in [0.2, 0.25) is 0 Å². The van der Waals surface area contributed by atoms with Crippen molar-refractivity contribution >= 4 is 22.7 Å². The number of benzene rings is 1. The van der Waals surface area contributed by atoms with E-state index in [-0.39, 0.29) is 4.90 Å². The lowest BCUT2D eigenvalue weighted by atomic mass is 10.2. The molecule has 1 aromatic carbocycles. The van der Waals surface area contributed by atoms with Crippen LogP contribution in [0.15, 0.2) is 29.2 Å². The molecule has 0 saturated heterocycles. The number of thiol groups is 1. The van der Waals surface area contributed by atoms with Crippen LogP contribution in [0, 0.1) is 0 Å². The Morgan fingerprint density at radius 1 is 1.29 bits per heavy atom. The zero-order valence-electron chi connectivity index (χ0n) is 7.47. The highest BCUT2D eigenvalue weighted by atomic mass is 32.2. The molecule has 1 rings (SSSR count). The highest BCUT2D eigenvalue weighted by Gasteiger charge is 2.05. The Balaban J connectivity index is 2.79. The Morgan fingerprint density at radius 3 is 2.29 bits per heavy atom. The van der Waals surface area contributed by atoms with Gasteiger partial charge in [-0.15, -0.1) is 0 Å². The zero-order chi connectivity index (χ0) is 10.6. The zero-order valence-corrected chi connectivity index (χ0v) is 9.18. The number of hydrogen-bond acceptors (Lipinski definition) is 4. The first-order valence-electron chi connectivity index (χ1n) is 3.97. The third-order valence-corrected chi connectivity index (χ3v) is 2.85. The molecule has 0 fully saturated rings. The molecule has 0 amide bonds. The predicted octanol–water partition coefficient (Wildman–Crippen LogP) is 0.311. The minimum absolute atomic E-state index is 0.132. The molecule has 3 N–H and O–H groups in total. The van der Waals surface area contributed by atoms with Gasteiger partial charge in [-0.2, -0.15) is 12.6 Å². The Bertz CT molecular complexity index is 386. The Morgan fingerprint density at radius 2 is 1.86 bits per heavy atom. The van der Waals surface area contributed by atoms with Gasteiger partial charge in [0.05, 0.1) is 4.90 Å². The van der Waals surface area contributed by atoms with Crippen molar-refractivity contribution in [1.82, 2.24) is 5.32 Å². The molecule has 78 valence electrons. The molecule has 1 aromatic rings. The van der Waals surface area contributed by atoms with E-state index in [2.05, 4.69) is 17.9 Å². The maximum absolute atomic E-state index is 10.9. The Hall–Kier alpha value is -0.560. The largest absolute Gasteiger partial charge is 0.304 e.